The van der Waals surface area contributed by atoms with Gasteiger partial charge in [-0.1, -0.05) is 188 Å². The molecule has 0 N–H and O–H groups in total. The molecule has 0 saturated carbocycles. The molecule has 466 valence electrons. The van der Waals surface area contributed by atoms with Crippen molar-refractivity contribution >= 4 is 97.9 Å². The molecule has 0 unspecified atom stereocenters. The second kappa shape index (κ2) is 21.9. The van der Waals surface area contributed by atoms with Crippen molar-refractivity contribution in [3.63, 3.8) is 0 Å². The minimum Gasteiger partial charge on any atom is -0.453 e. The number of pyridine rings is 1. The van der Waals surface area contributed by atoms with Crippen molar-refractivity contribution in [2.24, 2.45) is 0 Å². The number of para-hydroxylation sites is 3. The van der Waals surface area contributed by atoms with E-state index in [1.807, 2.05) is 87.6 Å². The van der Waals surface area contributed by atoms with E-state index in [0.29, 0.717) is 0 Å². The van der Waals surface area contributed by atoms with Crippen LogP contribution >= 0.6 is 0 Å². The van der Waals surface area contributed by atoms with Crippen LogP contribution in [0.2, 0.25) is 0 Å². The highest BCUT2D eigenvalue weighted by atomic mass is 16.5. The number of fused-ring (bicyclic) bond motifs is 15. The summed E-state index contributed by atoms with van der Waals surface area (Å²) in [6.07, 6.45) is 1.86. The fourth-order valence-electron chi connectivity index (χ4n) is 15.6. The van der Waals surface area contributed by atoms with E-state index >= 15 is 0 Å². The fourth-order valence-corrected chi connectivity index (χ4v) is 15.6. The van der Waals surface area contributed by atoms with Crippen molar-refractivity contribution in [1.82, 2.24) is 33.6 Å². The molecule has 0 saturated heterocycles. The summed E-state index contributed by atoms with van der Waals surface area (Å²) in [4.78, 5) is 18.9. The van der Waals surface area contributed by atoms with Crippen LogP contribution in [-0.4, -0.2) is 33.6 Å². The number of hydrogen-bond acceptors (Lipinski definition) is 7. The second-order valence-corrected chi connectivity index (χ2v) is 25.7. The third kappa shape index (κ3) is 8.89. The highest BCUT2D eigenvalue weighted by Crippen LogP contribution is 2.48. The number of benzene rings is 15. The first kappa shape index (κ1) is 56.2. The Morgan fingerprint density at radius 2 is 0.596 bits per heavy atom. The predicted molar refractivity (Wildman–Crippen MR) is 402 cm³/mol. The number of hydrogen-bond donors (Lipinski definition) is 0. The highest BCUT2D eigenvalue weighted by molar-refractivity contribution is 6.16. The van der Waals surface area contributed by atoms with Crippen molar-refractivity contribution in [2.45, 2.75) is 20.8 Å². The first-order chi connectivity index (χ1) is 48.8. The maximum Gasteiger partial charge on any atom is 0.153 e. The first-order valence-corrected chi connectivity index (χ1v) is 33.4. The third-order valence-electron chi connectivity index (χ3n) is 20.0. The topological polar surface area (TPSA) is 94.0 Å². The quantitative estimate of drug-likeness (QED) is 0.162. The van der Waals surface area contributed by atoms with Gasteiger partial charge in [-0.15, -0.1) is 0 Å². The van der Waals surface area contributed by atoms with E-state index in [9.17, 15) is 0 Å². The molecule has 0 fully saturated rings. The average molecular weight is 1270 g/mol. The Hall–Kier alpha value is -13.2. The summed E-state index contributed by atoms with van der Waals surface area (Å²) >= 11 is 0. The molecule has 0 radical (unpaired) electrons. The molecule has 15 aromatic carbocycles. The summed E-state index contributed by atoms with van der Waals surface area (Å²) in [6, 6.07) is 100. The molecule has 99 heavy (non-hydrogen) atoms. The van der Waals surface area contributed by atoms with Crippen LogP contribution in [0.4, 0.5) is 0 Å². The van der Waals surface area contributed by atoms with Crippen molar-refractivity contribution in [2.75, 3.05) is 0 Å². The molecular formula is C89H57N7O3. The standard InChI is InChI=1S/C34H22N2O.C28H18N2O.C27H17N3O/c1-21-35-30-11-6-12-32-34(30)36(21)31-18-17-24(20-33(31)37-32)22-13-15-23(16-14-22)29-19-25-7-2-3-8-26(25)27-9-4-5-10-28(27)29;1-17-29-24-11-6-12-26-28(24)30(17)25-14-13-19(16-27(25)31-26)23-15-18-7-2-3-8-20(18)21-9-4-5-10-22(21)23;1-16-29-22-9-4-10-24-27(22)30(16)23-12-11-18(15-25(23)31-24)21-14-17-6-2-3-7-19(17)26-20(21)8-5-13-28-26/h2-20H,1H3;2-16H,1H3;2-15H,1H3. The highest BCUT2D eigenvalue weighted by Gasteiger charge is 2.27. The van der Waals surface area contributed by atoms with Crippen LogP contribution in [0.5, 0.6) is 34.5 Å². The zero-order valence-corrected chi connectivity index (χ0v) is 54.1. The normalized spacial score (nSPS) is 12.2. The minimum absolute atomic E-state index is 0.837. The third-order valence-corrected chi connectivity index (χ3v) is 20.0. The number of aromatic nitrogens is 7. The van der Waals surface area contributed by atoms with Gasteiger partial charge in [-0.3, -0.25) is 18.7 Å². The van der Waals surface area contributed by atoms with Crippen LogP contribution in [0.3, 0.4) is 0 Å². The molecule has 10 nitrogen and oxygen atoms in total. The van der Waals surface area contributed by atoms with Gasteiger partial charge in [0.05, 0.1) is 39.1 Å². The number of aryl methyl sites for hydroxylation is 3. The molecular weight excluding hydrogens is 1220 g/mol. The Bertz CT molecular complexity index is 6390. The maximum absolute atomic E-state index is 6.36. The van der Waals surface area contributed by atoms with Crippen LogP contribution in [0.1, 0.15) is 17.5 Å². The van der Waals surface area contributed by atoms with Crippen LogP contribution in [0.25, 0.3) is 159 Å². The van der Waals surface area contributed by atoms with Gasteiger partial charge in [0, 0.05) is 17.0 Å². The molecule has 0 spiro atoms. The second-order valence-electron chi connectivity index (χ2n) is 25.7. The lowest BCUT2D eigenvalue weighted by Crippen LogP contribution is -2.05. The van der Waals surface area contributed by atoms with Gasteiger partial charge >= 0.3 is 0 Å². The van der Waals surface area contributed by atoms with Gasteiger partial charge < -0.3 is 14.2 Å². The summed E-state index contributed by atoms with van der Waals surface area (Å²) in [5, 5.41) is 13.6. The Balaban J connectivity index is 0.000000101. The number of imidazole rings is 3. The minimum atomic E-state index is 0.837. The van der Waals surface area contributed by atoms with E-state index in [0.717, 1.165) is 141 Å². The SMILES string of the molecule is Cc1nc2cccc3c2n1-c1ccc(-c2cc4ccccc4c4ccccc24)cc1O3.Cc1nc2cccc3c2n1-c1ccc(-c2cc4ccccc4c4ncccc24)cc1O3.Cc1nc2cccc3c2n1-c1ccc(-c2ccc(-c4cc5ccccc5c5ccccc45)cc2)cc1O3. The van der Waals surface area contributed by atoms with E-state index in [2.05, 4.69) is 238 Å². The average Bonchev–Trinajstić information content (AvgIpc) is 1.60. The molecule has 0 atom stereocenters. The van der Waals surface area contributed by atoms with Gasteiger partial charge in [0.15, 0.2) is 34.5 Å². The first-order valence-electron chi connectivity index (χ1n) is 33.4. The summed E-state index contributed by atoms with van der Waals surface area (Å²) in [7, 11) is 0. The van der Waals surface area contributed by atoms with Crippen molar-refractivity contribution in [3.05, 3.63) is 309 Å². The molecule has 0 amide bonds. The van der Waals surface area contributed by atoms with Gasteiger partial charge in [-0.2, -0.15) is 0 Å². The van der Waals surface area contributed by atoms with Gasteiger partial charge in [-0.25, -0.2) is 15.0 Å². The number of ether oxygens (including phenoxy) is 3. The summed E-state index contributed by atoms with van der Waals surface area (Å²) in [5.41, 5.74) is 19.5. The fraction of sp³-hybridized carbons (Fsp3) is 0.0337. The molecule has 3 aliphatic heterocycles. The lowest BCUT2D eigenvalue weighted by Gasteiger charge is -2.21. The van der Waals surface area contributed by atoms with E-state index in [1.54, 1.807) is 0 Å². The van der Waals surface area contributed by atoms with E-state index in [4.69, 9.17) is 34.1 Å². The molecule has 7 heterocycles. The zero-order valence-electron chi connectivity index (χ0n) is 54.1. The Morgan fingerprint density at radius 3 is 1.06 bits per heavy atom. The Kier molecular flexibility index (Phi) is 12.5. The van der Waals surface area contributed by atoms with Crippen molar-refractivity contribution < 1.29 is 14.2 Å². The largest absolute Gasteiger partial charge is 0.453 e. The predicted octanol–water partition coefficient (Wildman–Crippen LogP) is 23.3. The molecule has 10 heteroatoms. The molecule has 0 aliphatic carbocycles. The summed E-state index contributed by atoms with van der Waals surface area (Å²) < 4.78 is 25.6. The molecule has 19 aromatic rings. The summed E-state index contributed by atoms with van der Waals surface area (Å²) in [5.74, 6) is 7.98. The van der Waals surface area contributed by atoms with E-state index in [1.165, 1.54) is 70.6 Å². The van der Waals surface area contributed by atoms with Gasteiger partial charge in [0.25, 0.3) is 0 Å². The lowest BCUT2D eigenvalue weighted by molar-refractivity contribution is 0.475. The Labute approximate surface area is 568 Å². The smallest absolute Gasteiger partial charge is 0.153 e. The molecule has 22 rings (SSSR count). The van der Waals surface area contributed by atoms with Crippen LogP contribution in [-0.2, 0) is 0 Å². The van der Waals surface area contributed by atoms with Gasteiger partial charge in [0.1, 0.15) is 34.0 Å². The molecule has 3 aliphatic rings. The van der Waals surface area contributed by atoms with Crippen LogP contribution in [0, 0.1) is 20.8 Å². The maximum atomic E-state index is 6.36. The number of nitrogens with zero attached hydrogens (tertiary/aromatic N) is 7. The zero-order chi connectivity index (χ0) is 65.6. The van der Waals surface area contributed by atoms with Crippen LogP contribution in [0.15, 0.2) is 291 Å². The lowest BCUT2D eigenvalue weighted by atomic mass is 9.92. The Morgan fingerprint density at radius 1 is 0.253 bits per heavy atom. The van der Waals surface area contributed by atoms with E-state index < -0.39 is 0 Å². The summed E-state index contributed by atoms with van der Waals surface area (Å²) in [6.45, 7) is 6.13. The van der Waals surface area contributed by atoms with Gasteiger partial charge in [-0.05, 0) is 211 Å². The van der Waals surface area contributed by atoms with Crippen molar-refractivity contribution in [3.8, 4) is 96.1 Å². The van der Waals surface area contributed by atoms with Crippen molar-refractivity contribution in [1.29, 1.82) is 0 Å². The monoisotopic (exact) mass is 1270 g/mol. The van der Waals surface area contributed by atoms with Crippen LogP contribution < -0.4 is 14.2 Å². The van der Waals surface area contributed by atoms with E-state index in [-0.39, 0.29) is 0 Å². The number of rotatable bonds is 4. The molecule has 4 aromatic heterocycles. The van der Waals surface area contributed by atoms with Gasteiger partial charge in [0.2, 0.25) is 0 Å². The molecule has 0 bridgehead atoms.